The monoisotopic (exact) mass is 577 g/mol. The van der Waals surface area contributed by atoms with Crippen molar-refractivity contribution in [3.63, 3.8) is 0 Å². The summed E-state index contributed by atoms with van der Waals surface area (Å²) in [6.45, 7) is 6.55. The number of thiocarbonyl (C=S) groups is 1. The molecule has 0 saturated carbocycles. The Morgan fingerprint density at radius 3 is 2.54 bits per heavy atom. The van der Waals surface area contributed by atoms with Gasteiger partial charge in [-0.3, -0.25) is 9.78 Å². The van der Waals surface area contributed by atoms with Crippen molar-refractivity contribution in [2.75, 3.05) is 11.9 Å². The second-order valence-electron chi connectivity index (χ2n) is 9.69. The highest BCUT2D eigenvalue weighted by Crippen LogP contribution is 2.42. The number of anilines is 1. The van der Waals surface area contributed by atoms with Gasteiger partial charge in [-0.2, -0.15) is 0 Å². The first-order valence-corrected chi connectivity index (χ1v) is 13.9. The lowest BCUT2D eigenvalue weighted by Crippen LogP contribution is -2.33. The van der Waals surface area contributed by atoms with Gasteiger partial charge in [-0.15, -0.1) is 0 Å². The second kappa shape index (κ2) is 11.4. The first kappa shape index (κ1) is 27.2. The molecule has 0 aliphatic carbocycles. The normalized spacial score (nSPS) is 16.8. The number of carbonyl (C=O) groups is 1. The fourth-order valence-corrected chi connectivity index (χ4v) is 6.08. The summed E-state index contributed by atoms with van der Waals surface area (Å²) in [5.41, 5.74) is 6.72. The number of amides is 1. The molecule has 0 bridgehead atoms. The molecule has 1 aliphatic rings. The van der Waals surface area contributed by atoms with Crippen LogP contribution in [0.4, 0.5) is 5.69 Å². The Kier molecular flexibility index (Phi) is 7.93. The molecule has 3 heterocycles. The molecule has 2 atom stereocenters. The molecule has 2 N–H and O–H groups in total. The maximum atomic E-state index is 13.0. The van der Waals surface area contributed by atoms with Crippen LogP contribution in [0, 0.1) is 20.8 Å². The third kappa shape index (κ3) is 5.53. The number of aryl methyl sites for hydroxylation is 2. The third-order valence-electron chi connectivity index (χ3n) is 7.14. The highest BCUT2D eigenvalue weighted by molar-refractivity contribution is 7.80. The molecule has 2 aromatic carbocycles. The largest absolute Gasteiger partial charge is 0.352 e. The maximum Gasteiger partial charge on any atom is 0.226 e. The van der Waals surface area contributed by atoms with Crippen LogP contribution in [-0.2, 0) is 4.79 Å². The summed E-state index contributed by atoms with van der Waals surface area (Å²) in [5, 5.41) is 8.26. The zero-order valence-corrected chi connectivity index (χ0v) is 24.2. The van der Waals surface area contributed by atoms with Crippen molar-refractivity contribution >= 4 is 52.1 Å². The van der Waals surface area contributed by atoms with Gasteiger partial charge in [0.15, 0.2) is 5.11 Å². The molecule has 39 heavy (non-hydrogen) atoms. The van der Waals surface area contributed by atoms with Crippen molar-refractivity contribution in [1.82, 2.24) is 19.8 Å². The van der Waals surface area contributed by atoms with E-state index in [1.54, 1.807) is 12.3 Å². The van der Waals surface area contributed by atoms with E-state index in [2.05, 4.69) is 45.0 Å². The number of pyridine rings is 1. The summed E-state index contributed by atoms with van der Waals surface area (Å²) in [6.07, 6.45) is 2.07. The lowest BCUT2D eigenvalue weighted by Gasteiger charge is -2.28. The van der Waals surface area contributed by atoms with Gasteiger partial charge in [0.2, 0.25) is 5.91 Å². The third-order valence-corrected chi connectivity index (χ3v) is 8.03. The SMILES string of the molecule is Cc1ccccc1NC(=O)CCN1C(=S)N[C@H](c2ccccn2)[C@@H]1c1cc(C)n(-c2ccc(Cl)cc2Cl)c1C. The number of carbonyl (C=O) groups excluding carboxylic acids is 1. The zero-order valence-electron chi connectivity index (χ0n) is 21.9. The summed E-state index contributed by atoms with van der Waals surface area (Å²) in [5.74, 6) is -0.0643. The second-order valence-corrected chi connectivity index (χ2v) is 10.9. The van der Waals surface area contributed by atoms with Gasteiger partial charge in [0, 0.05) is 41.3 Å². The Morgan fingerprint density at radius 1 is 1.05 bits per heavy atom. The quantitative estimate of drug-likeness (QED) is 0.229. The van der Waals surface area contributed by atoms with Crippen LogP contribution in [0.2, 0.25) is 10.0 Å². The van der Waals surface area contributed by atoms with Crippen molar-refractivity contribution in [3.05, 3.63) is 111 Å². The molecule has 6 nitrogen and oxygen atoms in total. The van der Waals surface area contributed by atoms with E-state index >= 15 is 0 Å². The zero-order chi connectivity index (χ0) is 27.7. The number of hydrogen-bond donors (Lipinski definition) is 2. The van der Waals surface area contributed by atoms with Crippen molar-refractivity contribution in [1.29, 1.82) is 0 Å². The van der Waals surface area contributed by atoms with E-state index in [-0.39, 0.29) is 24.4 Å². The summed E-state index contributed by atoms with van der Waals surface area (Å²) < 4.78 is 2.13. The number of benzene rings is 2. The highest BCUT2D eigenvalue weighted by atomic mass is 35.5. The summed E-state index contributed by atoms with van der Waals surface area (Å²) in [7, 11) is 0. The van der Waals surface area contributed by atoms with Crippen molar-refractivity contribution in [3.8, 4) is 5.69 Å². The highest BCUT2D eigenvalue weighted by Gasteiger charge is 2.41. The van der Waals surface area contributed by atoms with E-state index in [0.717, 1.165) is 39.6 Å². The van der Waals surface area contributed by atoms with Crippen LogP contribution < -0.4 is 10.6 Å². The summed E-state index contributed by atoms with van der Waals surface area (Å²) >= 11 is 18.6. The molecule has 200 valence electrons. The molecule has 1 saturated heterocycles. The minimum Gasteiger partial charge on any atom is -0.352 e. The summed E-state index contributed by atoms with van der Waals surface area (Å²) in [6, 6.07) is 20.9. The minimum atomic E-state index is -0.187. The Morgan fingerprint density at radius 2 is 1.82 bits per heavy atom. The molecular formula is C30H29Cl2N5OS. The molecular weight excluding hydrogens is 549 g/mol. The van der Waals surface area contributed by atoms with Gasteiger partial charge in [-0.25, -0.2) is 0 Å². The Hall–Kier alpha value is -3.39. The van der Waals surface area contributed by atoms with Crippen LogP contribution in [0.1, 0.15) is 46.7 Å². The molecule has 1 fully saturated rings. The molecule has 1 aliphatic heterocycles. The van der Waals surface area contributed by atoms with E-state index in [9.17, 15) is 4.79 Å². The first-order chi connectivity index (χ1) is 18.7. The van der Waals surface area contributed by atoms with Gasteiger partial charge >= 0.3 is 0 Å². The average Bonchev–Trinajstić information content (AvgIpc) is 3.39. The van der Waals surface area contributed by atoms with Gasteiger partial charge in [-0.1, -0.05) is 47.5 Å². The van der Waals surface area contributed by atoms with E-state index in [4.69, 9.17) is 35.4 Å². The lowest BCUT2D eigenvalue weighted by atomic mass is 9.96. The number of rotatable bonds is 7. The Labute approximate surface area is 244 Å². The number of nitrogens with zero attached hydrogens (tertiary/aromatic N) is 3. The minimum absolute atomic E-state index is 0.0643. The predicted molar refractivity (Wildman–Crippen MR) is 162 cm³/mol. The van der Waals surface area contributed by atoms with E-state index in [1.807, 2.05) is 61.5 Å². The number of aromatic nitrogens is 2. The molecule has 0 radical (unpaired) electrons. The fraction of sp³-hybridized carbons (Fsp3) is 0.233. The van der Waals surface area contributed by atoms with E-state index in [0.29, 0.717) is 21.7 Å². The molecule has 0 spiro atoms. The van der Waals surface area contributed by atoms with Crippen molar-refractivity contribution in [2.45, 2.75) is 39.3 Å². The van der Waals surface area contributed by atoms with Crippen LogP contribution in [-0.4, -0.2) is 32.0 Å². The van der Waals surface area contributed by atoms with Crippen LogP contribution in [0.5, 0.6) is 0 Å². The van der Waals surface area contributed by atoms with Gasteiger partial charge < -0.3 is 20.1 Å². The van der Waals surface area contributed by atoms with Crippen LogP contribution >= 0.6 is 35.4 Å². The Balaban J connectivity index is 1.49. The number of nitrogens with one attached hydrogen (secondary N) is 2. The van der Waals surface area contributed by atoms with Gasteiger partial charge in [-0.05, 0) is 86.6 Å². The molecule has 4 aromatic rings. The number of hydrogen-bond acceptors (Lipinski definition) is 3. The average molecular weight is 579 g/mol. The fourth-order valence-electron chi connectivity index (χ4n) is 5.25. The van der Waals surface area contributed by atoms with E-state index in [1.165, 1.54) is 0 Å². The number of para-hydroxylation sites is 1. The summed E-state index contributed by atoms with van der Waals surface area (Å²) in [4.78, 5) is 19.7. The topological polar surface area (TPSA) is 62.2 Å². The molecule has 9 heteroatoms. The smallest absolute Gasteiger partial charge is 0.226 e. The van der Waals surface area contributed by atoms with Crippen LogP contribution in [0.3, 0.4) is 0 Å². The maximum absolute atomic E-state index is 13.0. The molecule has 1 amide bonds. The molecule has 5 rings (SSSR count). The first-order valence-electron chi connectivity index (χ1n) is 12.7. The van der Waals surface area contributed by atoms with Gasteiger partial charge in [0.25, 0.3) is 0 Å². The standard InChI is InChI=1S/C30H29Cl2N5OS/c1-18-8-4-5-9-24(18)34-27(38)13-15-36-29(28(35-30(36)39)25-10-6-7-14-33-25)22-16-19(2)37(20(22)3)26-12-11-21(31)17-23(26)32/h4-12,14,16-17,28-29H,13,15H2,1-3H3,(H,34,38)(H,35,39)/t28-,29+/m1/s1. The molecule has 0 unspecified atom stereocenters. The van der Waals surface area contributed by atoms with Crippen molar-refractivity contribution in [2.24, 2.45) is 0 Å². The van der Waals surface area contributed by atoms with Crippen LogP contribution in [0.15, 0.2) is 72.9 Å². The number of halogens is 2. The molecule has 2 aromatic heterocycles. The Bertz CT molecular complexity index is 1540. The predicted octanol–water partition coefficient (Wildman–Crippen LogP) is 7.11. The van der Waals surface area contributed by atoms with E-state index < -0.39 is 0 Å². The van der Waals surface area contributed by atoms with Gasteiger partial charge in [0.1, 0.15) is 0 Å². The lowest BCUT2D eigenvalue weighted by molar-refractivity contribution is -0.116. The van der Waals surface area contributed by atoms with Crippen molar-refractivity contribution < 1.29 is 4.79 Å². The van der Waals surface area contributed by atoms with Gasteiger partial charge in [0.05, 0.1) is 28.5 Å². The van der Waals surface area contributed by atoms with Crippen LogP contribution in [0.25, 0.3) is 5.69 Å².